The highest BCUT2D eigenvalue weighted by molar-refractivity contribution is 5.94. The van der Waals surface area contributed by atoms with E-state index in [0.29, 0.717) is 12.1 Å². The molecular weight excluding hydrogens is 219 g/mol. The fourth-order valence-corrected chi connectivity index (χ4v) is 2.23. The maximum Gasteiger partial charge on any atom is 0.254 e. The van der Waals surface area contributed by atoms with Gasteiger partial charge in [0.05, 0.1) is 0 Å². The molecule has 1 aliphatic rings. The molecule has 0 spiro atoms. The topological polar surface area (TPSA) is 32.3 Å². The number of amides is 1. The first-order valence-electron chi connectivity index (χ1n) is 5.99. The first kappa shape index (κ1) is 12.0. The second kappa shape index (κ2) is 5.27. The van der Waals surface area contributed by atoms with Crippen molar-refractivity contribution >= 4 is 5.91 Å². The summed E-state index contributed by atoms with van der Waals surface area (Å²) >= 11 is 0. The number of hydrogen-bond donors (Lipinski definition) is 1. The zero-order chi connectivity index (χ0) is 12.3. The second-order valence-corrected chi connectivity index (χ2v) is 4.24. The van der Waals surface area contributed by atoms with Crippen LogP contribution in [-0.4, -0.2) is 36.5 Å². The van der Waals surface area contributed by atoms with Crippen molar-refractivity contribution in [1.82, 2.24) is 10.2 Å². The van der Waals surface area contributed by atoms with E-state index in [2.05, 4.69) is 5.32 Å². The molecule has 0 saturated carbocycles. The van der Waals surface area contributed by atoms with Crippen LogP contribution in [0, 0.1) is 5.82 Å². The van der Waals surface area contributed by atoms with Crippen LogP contribution in [0.2, 0.25) is 0 Å². The molecule has 0 aromatic heterocycles. The van der Waals surface area contributed by atoms with E-state index in [-0.39, 0.29) is 17.8 Å². The van der Waals surface area contributed by atoms with Crippen molar-refractivity contribution in [2.45, 2.75) is 19.4 Å². The minimum Gasteiger partial charge on any atom is -0.335 e. The summed E-state index contributed by atoms with van der Waals surface area (Å²) in [6, 6.07) is 6.01. The van der Waals surface area contributed by atoms with Crippen molar-refractivity contribution in [3.8, 4) is 0 Å². The van der Waals surface area contributed by atoms with E-state index in [1.807, 2.05) is 11.8 Å². The van der Waals surface area contributed by atoms with E-state index in [1.54, 1.807) is 12.1 Å². The molecule has 1 amide bonds. The lowest BCUT2D eigenvalue weighted by Gasteiger charge is -2.27. The molecule has 0 bridgehead atoms. The Kier molecular flexibility index (Phi) is 3.74. The minimum absolute atomic E-state index is 0.0128. The van der Waals surface area contributed by atoms with Gasteiger partial charge in [-0.15, -0.1) is 0 Å². The lowest BCUT2D eigenvalue weighted by atomic mass is 10.1. The molecule has 3 nitrogen and oxygen atoms in total. The van der Waals surface area contributed by atoms with E-state index in [1.165, 1.54) is 12.1 Å². The van der Waals surface area contributed by atoms with Gasteiger partial charge in [-0.2, -0.15) is 0 Å². The van der Waals surface area contributed by atoms with Gasteiger partial charge >= 0.3 is 0 Å². The Hall–Kier alpha value is -1.42. The quantitative estimate of drug-likeness (QED) is 0.865. The Balaban J connectivity index is 2.13. The fraction of sp³-hybridized carbons (Fsp3) is 0.462. The number of halogens is 1. The van der Waals surface area contributed by atoms with E-state index < -0.39 is 0 Å². The average molecular weight is 236 g/mol. The van der Waals surface area contributed by atoms with Gasteiger partial charge in [-0.05, 0) is 44.2 Å². The zero-order valence-electron chi connectivity index (χ0n) is 9.95. The molecule has 2 rings (SSSR count). The Labute approximate surface area is 101 Å². The molecule has 1 atom stereocenters. The predicted octanol–water partition coefficient (Wildman–Crippen LogP) is 1.65. The molecule has 17 heavy (non-hydrogen) atoms. The highest BCUT2D eigenvalue weighted by atomic mass is 19.1. The highest BCUT2D eigenvalue weighted by Gasteiger charge is 2.25. The third kappa shape index (κ3) is 2.64. The number of likely N-dealkylation sites (N-methyl/N-ethyl adjacent to an activating group) is 1. The van der Waals surface area contributed by atoms with Crippen LogP contribution in [0.3, 0.4) is 0 Å². The molecule has 1 saturated heterocycles. The maximum absolute atomic E-state index is 12.8. The van der Waals surface area contributed by atoms with Gasteiger partial charge in [-0.1, -0.05) is 0 Å². The standard InChI is InChI=1S/C13H17FN2O/c1-2-16(12-7-8-15-9-12)13(17)10-3-5-11(14)6-4-10/h3-6,12,15H,2,7-9H2,1H3. The number of nitrogens with zero attached hydrogens (tertiary/aromatic N) is 1. The van der Waals surface area contributed by atoms with Crippen LogP contribution < -0.4 is 5.32 Å². The van der Waals surface area contributed by atoms with Gasteiger partial charge in [0.25, 0.3) is 5.91 Å². The minimum atomic E-state index is -0.313. The van der Waals surface area contributed by atoms with Crippen LogP contribution in [-0.2, 0) is 0 Å². The Bertz CT molecular complexity index is 385. The summed E-state index contributed by atoms with van der Waals surface area (Å²) in [7, 11) is 0. The average Bonchev–Trinajstić information content (AvgIpc) is 2.84. The molecule has 1 aliphatic heterocycles. The van der Waals surface area contributed by atoms with Crippen LogP contribution in [0.25, 0.3) is 0 Å². The Morgan fingerprint density at radius 1 is 1.47 bits per heavy atom. The lowest BCUT2D eigenvalue weighted by molar-refractivity contribution is 0.0703. The Morgan fingerprint density at radius 2 is 2.18 bits per heavy atom. The zero-order valence-corrected chi connectivity index (χ0v) is 9.95. The third-order valence-electron chi connectivity index (χ3n) is 3.17. The number of benzene rings is 1. The van der Waals surface area contributed by atoms with E-state index in [0.717, 1.165) is 19.5 Å². The molecular formula is C13H17FN2O. The molecule has 1 aromatic rings. The first-order chi connectivity index (χ1) is 8.22. The second-order valence-electron chi connectivity index (χ2n) is 4.24. The fourth-order valence-electron chi connectivity index (χ4n) is 2.23. The van der Waals surface area contributed by atoms with Crippen molar-refractivity contribution < 1.29 is 9.18 Å². The van der Waals surface area contributed by atoms with Crippen molar-refractivity contribution in [3.63, 3.8) is 0 Å². The largest absolute Gasteiger partial charge is 0.335 e. The smallest absolute Gasteiger partial charge is 0.254 e. The van der Waals surface area contributed by atoms with E-state index >= 15 is 0 Å². The van der Waals surface area contributed by atoms with Crippen LogP contribution >= 0.6 is 0 Å². The van der Waals surface area contributed by atoms with Crippen LogP contribution in [0.15, 0.2) is 24.3 Å². The van der Waals surface area contributed by atoms with Gasteiger partial charge in [0.15, 0.2) is 0 Å². The van der Waals surface area contributed by atoms with Gasteiger partial charge < -0.3 is 10.2 Å². The van der Waals surface area contributed by atoms with E-state index in [4.69, 9.17) is 0 Å². The number of rotatable bonds is 3. The van der Waals surface area contributed by atoms with Crippen molar-refractivity contribution in [2.75, 3.05) is 19.6 Å². The normalized spacial score (nSPS) is 19.3. The number of nitrogens with one attached hydrogen (secondary N) is 1. The summed E-state index contributed by atoms with van der Waals surface area (Å²) in [5, 5.41) is 3.25. The lowest BCUT2D eigenvalue weighted by Crippen LogP contribution is -2.41. The van der Waals surface area contributed by atoms with Crippen molar-refractivity contribution in [2.24, 2.45) is 0 Å². The number of carbonyl (C=O) groups is 1. The first-order valence-corrected chi connectivity index (χ1v) is 5.99. The molecule has 4 heteroatoms. The monoisotopic (exact) mass is 236 g/mol. The summed E-state index contributed by atoms with van der Waals surface area (Å²) < 4.78 is 12.8. The van der Waals surface area contributed by atoms with Gasteiger partial charge in [0.2, 0.25) is 0 Å². The highest BCUT2D eigenvalue weighted by Crippen LogP contribution is 2.13. The molecule has 1 aromatic carbocycles. The molecule has 1 unspecified atom stereocenters. The third-order valence-corrected chi connectivity index (χ3v) is 3.17. The van der Waals surface area contributed by atoms with Gasteiger partial charge in [0.1, 0.15) is 5.82 Å². The van der Waals surface area contributed by atoms with Crippen molar-refractivity contribution in [1.29, 1.82) is 0 Å². The SMILES string of the molecule is CCN(C(=O)c1ccc(F)cc1)C1CCNC1. The van der Waals surface area contributed by atoms with Crippen LogP contribution in [0.4, 0.5) is 4.39 Å². The summed E-state index contributed by atoms with van der Waals surface area (Å²) in [6.07, 6.45) is 0.987. The summed E-state index contributed by atoms with van der Waals surface area (Å²) in [5.41, 5.74) is 0.556. The molecule has 1 N–H and O–H groups in total. The van der Waals surface area contributed by atoms with Crippen LogP contribution in [0.5, 0.6) is 0 Å². The molecule has 92 valence electrons. The predicted molar refractivity (Wildman–Crippen MR) is 64.4 cm³/mol. The summed E-state index contributed by atoms with van der Waals surface area (Å²) in [4.78, 5) is 14.1. The summed E-state index contributed by atoms with van der Waals surface area (Å²) in [5.74, 6) is -0.326. The van der Waals surface area contributed by atoms with Gasteiger partial charge in [-0.25, -0.2) is 4.39 Å². The van der Waals surface area contributed by atoms with Crippen molar-refractivity contribution in [3.05, 3.63) is 35.6 Å². The van der Waals surface area contributed by atoms with Crippen LogP contribution in [0.1, 0.15) is 23.7 Å². The maximum atomic E-state index is 12.8. The molecule has 1 heterocycles. The summed E-state index contributed by atoms with van der Waals surface area (Å²) in [6.45, 7) is 4.46. The van der Waals surface area contributed by atoms with E-state index in [9.17, 15) is 9.18 Å². The van der Waals surface area contributed by atoms with Gasteiger partial charge in [-0.3, -0.25) is 4.79 Å². The number of carbonyl (C=O) groups excluding carboxylic acids is 1. The molecule has 0 aliphatic carbocycles. The Morgan fingerprint density at radius 3 is 2.71 bits per heavy atom. The van der Waals surface area contributed by atoms with Gasteiger partial charge in [0, 0.05) is 24.7 Å². The number of hydrogen-bond acceptors (Lipinski definition) is 2. The molecule has 0 radical (unpaired) electrons. The molecule has 1 fully saturated rings.